The molecule has 1 N–H and O–H groups in total. The van der Waals surface area contributed by atoms with Gasteiger partial charge in [0, 0.05) is 6.42 Å². The first-order chi connectivity index (χ1) is 7.84. The van der Waals surface area contributed by atoms with E-state index in [1.165, 1.54) is 6.42 Å². The number of hydrogen-bond acceptors (Lipinski definition) is 3. The normalized spacial score (nSPS) is 20.7. The highest BCUT2D eigenvalue weighted by molar-refractivity contribution is 6.29. The van der Waals surface area contributed by atoms with Gasteiger partial charge < -0.3 is 5.32 Å². The van der Waals surface area contributed by atoms with Crippen molar-refractivity contribution in [1.82, 2.24) is 19.9 Å². The lowest BCUT2D eigenvalue weighted by Crippen LogP contribution is -2.12. The third-order valence-electron chi connectivity index (χ3n) is 3.08. The summed E-state index contributed by atoms with van der Waals surface area (Å²) in [4.78, 5) is 0. The van der Waals surface area contributed by atoms with Gasteiger partial charge in [0.1, 0.15) is 11.0 Å². The standard InChI is InChI=1S/C11H13ClN4/c12-9-2-1-3-10-14-15-11(16(9)10)6-8-4-5-13-7-8/h1-3,8,13H,4-7H2. The zero-order valence-electron chi connectivity index (χ0n) is 8.86. The molecule has 0 radical (unpaired) electrons. The van der Waals surface area contributed by atoms with Gasteiger partial charge in [0.25, 0.3) is 0 Å². The lowest BCUT2D eigenvalue weighted by atomic mass is 10.1. The molecule has 0 bridgehead atoms. The van der Waals surface area contributed by atoms with Gasteiger partial charge in [0.15, 0.2) is 5.65 Å². The molecule has 2 aromatic heterocycles. The second-order valence-electron chi connectivity index (χ2n) is 4.22. The van der Waals surface area contributed by atoms with Crippen molar-refractivity contribution in [3.63, 3.8) is 0 Å². The molecule has 0 saturated carbocycles. The van der Waals surface area contributed by atoms with Gasteiger partial charge in [0.2, 0.25) is 0 Å². The van der Waals surface area contributed by atoms with Crippen LogP contribution in [0, 0.1) is 5.92 Å². The second kappa shape index (κ2) is 4.03. The fraction of sp³-hybridized carbons (Fsp3) is 0.455. The van der Waals surface area contributed by atoms with Crippen LogP contribution in [-0.2, 0) is 6.42 Å². The third-order valence-corrected chi connectivity index (χ3v) is 3.38. The zero-order chi connectivity index (χ0) is 11.0. The van der Waals surface area contributed by atoms with Crippen molar-refractivity contribution in [2.75, 3.05) is 13.1 Å². The molecule has 2 aromatic rings. The number of pyridine rings is 1. The van der Waals surface area contributed by atoms with Crippen LogP contribution in [0.3, 0.4) is 0 Å². The van der Waals surface area contributed by atoms with Crippen LogP contribution in [0.4, 0.5) is 0 Å². The molecule has 1 aliphatic heterocycles. The van der Waals surface area contributed by atoms with E-state index in [0.29, 0.717) is 11.1 Å². The molecule has 84 valence electrons. The number of rotatable bonds is 2. The Balaban J connectivity index is 1.97. The van der Waals surface area contributed by atoms with Crippen molar-refractivity contribution in [3.05, 3.63) is 29.2 Å². The van der Waals surface area contributed by atoms with E-state index in [4.69, 9.17) is 11.6 Å². The van der Waals surface area contributed by atoms with Crippen molar-refractivity contribution in [3.8, 4) is 0 Å². The van der Waals surface area contributed by atoms with E-state index < -0.39 is 0 Å². The molecule has 0 aromatic carbocycles. The number of hydrogen-bond donors (Lipinski definition) is 1. The Morgan fingerprint density at radius 1 is 1.44 bits per heavy atom. The molecule has 1 fully saturated rings. The summed E-state index contributed by atoms with van der Waals surface area (Å²) in [6.45, 7) is 2.18. The SMILES string of the molecule is Clc1cccc2nnc(CC3CCNC3)n12. The van der Waals surface area contributed by atoms with E-state index in [1.807, 2.05) is 22.6 Å². The summed E-state index contributed by atoms with van der Waals surface area (Å²) in [5.74, 6) is 1.62. The Morgan fingerprint density at radius 3 is 3.19 bits per heavy atom. The van der Waals surface area contributed by atoms with Crippen LogP contribution in [0.15, 0.2) is 18.2 Å². The van der Waals surface area contributed by atoms with E-state index in [2.05, 4.69) is 15.5 Å². The first kappa shape index (κ1) is 10.1. The van der Waals surface area contributed by atoms with Crippen LogP contribution < -0.4 is 5.32 Å². The Bertz CT molecular complexity index is 502. The summed E-state index contributed by atoms with van der Waals surface area (Å²) in [6.07, 6.45) is 2.15. The highest BCUT2D eigenvalue weighted by Crippen LogP contribution is 2.18. The summed E-state index contributed by atoms with van der Waals surface area (Å²) in [6, 6.07) is 5.69. The van der Waals surface area contributed by atoms with Gasteiger partial charge in [-0.2, -0.15) is 0 Å². The smallest absolute Gasteiger partial charge is 0.161 e. The quantitative estimate of drug-likeness (QED) is 0.805. The van der Waals surface area contributed by atoms with Gasteiger partial charge in [-0.25, -0.2) is 0 Å². The van der Waals surface area contributed by atoms with Crippen molar-refractivity contribution in [2.45, 2.75) is 12.8 Å². The number of nitrogens with zero attached hydrogens (tertiary/aromatic N) is 3. The molecule has 0 aliphatic carbocycles. The first-order valence-corrected chi connectivity index (χ1v) is 5.91. The topological polar surface area (TPSA) is 42.2 Å². The highest BCUT2D eigenvalue weighted by Gasteiger charge is 2.18. The average molecular weight is 237 g/mol. The predicted octanol–water partition coefficient (Wildman–Crippen LogP) is 1.53. The minimum absolute atomic E-state index is 0.656. The van der Waals surface area contributed by atoms with Crippen molar-refractivity contribution in [2.24, 2.45) is 5.92 Å². The summed E-state index contributed by atoms with van der Waals surface area (Å²) < 4.78 is 1.93. The van der Waals surface area contributed by atoms with Crippen molar-refractivity contribution >= 4 is 17.2 Å². The van der Waals surface area contributed by atoms with Gasteiger partial charge in [0.05, 0.1) is 0 Å². The van der Waals surface area contributed by atoms with E-state index in [-0.39, 0.29) is 0 Å². The van der Waals surface area contributed by atoms with Gasteiger partial charge in [-0.3, -0.25) is 4.40 Å². The molecule has 4 nitrogen and oxygen atoms in total. The molecule has 3 rings (SSSR count). The largest absolute Gasteiger partial charge is 0.316 e. The van der Waals surface area contributed by atoms with E-state index in [0.717, 1.165) is 31.0 Å². The fourth-order valence-corrected chi connectivity index (χ4v) is 2.50. The van der Waals surface area contributed by atoms with Crippen LogP contribution in [0.1, 0.15) is 12.2 Å². The monoisotopic (exact) mass is 236 g/mol. The second-order valence-corrected chi connectivity index (χ2v) is 4.61. The maximum atomic E-state index is 6.16. The van der Waals surface area contributed by atoms with Gasteiger partial charge >= 0.3 is 0 Å². The van der Waals surface area contributed by atoms with Crippen LogP contribution in [-0.4, -0.2) is 27.7 Å². The van der Waals surface area contributed by atoms with Crippen LogP contribution in [0.25, 0.3) is 5.65 Å². The molecule has 3 heterocycles. The van der Waals surface area contributed by atoms with E-state index >= 15 is 0 Å². The van der Waals surface area contributed by atoms with Crippen molar-refractivity contribution < 1.29 is 0 Å². The molecular weight excluding hydrogens is 224 g/mol. The molecule has 1 saturated heterocycles. The number of fused-ring (bicyclic) bond motifs is 1. The maximum absolute atomic E-state index is 6.16. The lowest BCUT2D eigenvalue weighted by molar-refractivity contribution is 0.558. The summed E-state index contributed by atoms with van der Waals surface area (Å²) in [7, 11) is 0. The number of aromatic nitrogens is 3. The Morgan fingerprint density at radius 2 is 2.38 bits per heavy atom. The molecule has 1 unspecified atom stereocenters. The molecule has 1 atom stereocenters. The first-order valence-electron chi connectivity index (χ1n) is 5.54. The lowest BCUT2D eigenvalue weighted by Gasteiger charge is -2.06. The summed E-state index contributed by atoms with van der Waals surface area (Å²) in [5.41, 5.74) is 0.827. The average Bonchev–Trinajstić information content (AvgIpc) is 2.90. The molecule has 0 amide bonds. The summed E-state index contributed by atoms with van der Waals surface area (Å²) >= 11 is 6.16. The minimum atomic E-state index is 0.656. The van der Waals surface area contributed by atoms with Gasteiger partial charge in [-0.15, -0.1) is 10.2 Å². The summed E-state index contributed by atoms with van der Waals surface area (Å²) in [5, 5.41) is 12.4. The minimum Gasteiger partial charge on any atom is -0.316 e. The number of halogens is 1. The van der Waals surface area contributed by atoms with Gasteiger partial charge in [-0.05, 0) is 37.6 Å². The molecular formula is C11H13ClN4. The van der Waals surface area contributed by atoms with E-state index in [1.54, 1.807) is 0 Å². The molecule has 0 spiro atoms. The van der Waals surface area contributed by atoms with Crippen molar-refractivity contribution in [1.29, 1.82) is 0 Å². The fourth-order valence-electron chi connectivity index (χ4n) is 2.24. The predicted molar refractivity (Wildman–Crippen MR) is 62.7 cm³/mol. The van der Waals surface area contributed by atoms with Crippen LogP contribution >= 0.6 is 11.6 Å². The molecule has 16 heavy (non-hydrogen) atoms. The van der Waals surface area contributed by atoms with Crippen LogP contribution in [0.2, 0.25) is 5.15 Å². The Kier molecular flexibility index (Phi) is 2.53. The Hall–Kier alpha value is -1.13. The third kappa shape index (κ3) is 1.68. The molecule has 5 heteroatoms. The van der Waals surface area contributed by atoms with Crippen LogP contribution in [0.5, 0.6) is 0 Å². The molecule has 1 aliphatic rings. The number of nitrogens with one attached hydrogen (secondary N) is 1. The zero-order valence-corrected chi connectivity index (χ0v) is 9.61. The van der Waals surface area contributed by atoms with Gasteiger partial charge in [-0.1, -0.05) is 17.7 Å². The van der Waals surface area contributed by atoms with E-state index in [9.17, 15) is 0 Å². The maximum Gasteiger partial charge on any atom is 0.161 e. The Labute approximate surface area is 98.6 Å². The highest BCUT2D eigenvalue weighted by atomic mass is 35.5.